The molecule has 1 atom stereocenters. The lowest BCUT2D eigenvalue weighted by atomic mass is 9.87. The normalized spacial score (nSPS) is 19.8. The fourth-order valence-electron chi connectivity index (χ4n) is 2.31. The van der Waals surface area contributed by atoms with E-state index in [0.29, 0.717) is 12.2 Å². The zero-order valence-electron chi connectivity index (χ0n) is 10.7. The number of ketones is 1. The van der Waals surface area contributed by atoms with Crippen LogP contribution < -0.4 is 4.74 Å². The van der Waals surface area contributed by atoms with Crippen LogP contribution in [0.5, 0.6) is 5.75 Å². The van der Waals surface area contributed by atoms with Crippen molar-refractivity contribution in [2.45, 2.75) is 6.42 Å². The second kappa shape index (κ2) is 4.81. The number of carbonyl (C=O) groups is 2. The van der Waals surface area contributed by atoms with Crippen molar-refractivity contribution in [3.8, 4) is 5.75 Å². The monoisotopic (exact) mass is 268 g/mol. The Morgan fingerprint density at radius 1 is 1.35 bits per heavy atom. The summed E-state index contributed by atoms with van der Waals surface area (Å²) in [5, 5.41) is 0. The molecule has 4 nitrogen and oxygen atoms in total. The molecule has 20 heavy (non-hydrogen) atoms. The van der Waals surface area contributed by atoms with Gasteiger partial charge in [-0.05, 0) is 30.2 Å². The Morgan fingerprint density at radius 3 is 2.95 bits per heavy atom. The summed E-state index contributed by atoms with van der Waals surface area (Å²) in [5.74, 6) is 0.0785. The first kappa shape index (κ1) is 12.4. The maximum Gasteiger partial charge on any atom is 0.335 e. The van der Waals surface area contributed by atoms with E-state index in [9.17, 15) is 9.59 Å². The number of benzene rings is 1. The van der Waals surface area contributed by atoms with Gasteiger partial charge in [0.2, 0.25) is 5.78 Å². The third-order valence-corrected chi connectivity index (χ3v) is 3.30. The molecule has 100 valence electrons. The van der Waals surface area contributed by atoms with Crippen LogP contribution in [0, 0.1) is 5.92 Å². The van der Waals surface area contributed by atoms with Gasteiger partial charge in [0.25, 0.3) is 0 Å². The van der Waals surface area contributed by atoms with E-state index in [1.807, 2.05) is 24.3 Å². The Kier molecular flexibility index (Phi) is 2.99. The number of rotatable bonds is 2. The van der Waals surface area contributed by atoms with E-state index in [-0.39, 0.29) is 11.5 Å². The molecule has 4 heteroatoms. The number of ether oxygens (including phenoxy) is 2. The van der Waals surface area contributed by atoms with Crippen molar-refractivity contribution >= 4 is 11.8 Å². The van der Waals surface area contributed by atoms with Crippen LogP contribution in [0.2, 0.25) is 0 Å². The van der Waals surface area contributed by atoms with Crippen LogP contribution in [0.25, 0.3) is 0 Å². The summed E-state index contributed by atoms with van der Waals surface area (Å²) in [6, 6.07) is 7.58. The molecule has 1 aliphatic heterocycles. The van der Waals surface area contributed by atoms with Crippen LogP contribution in [-0.4, -0.2) is 11.8 Å². The number of hydrogen-bond acceptors (Lipinski definition) is 4. The van der Waals surface area contributed by atoms with Gasteiger partial charge in [-0.2, -0.15) is 0 Å². The van der Waals surface area contributed by atoms with Gasteiger partial charge in [0.1, 0.15) is 11.5 Å². The minimum Gasteiger partial charge on any atom is -0.461 e. The van der Waals surface area contributed by atoms with E-state index >= 15 is 0 Å². The van der Waals surface area contributed by atoms with Gasteiger partial charge in [0.15, 0.2) is 5.76 Å². The molecule has 0 N–H and O–H groups in total. The number of allylic oxidation sites excluding steroid dienone is 4. The van der Waals surface area contributed by atoms with Crippen molar-refractivity contribution in [3.63, 3.8) is 0 Å². The second-order valence-corrected chi connectivity index (χ2v) is 4.56. The molecule has 3 rings (SSSR count). The van der Waals surface area contributed by atoms with Crippen LogP contribution in [0.4, 0.5) is 0 Å². The second-order valence-electron chi connectivity index (χ2n) is 4.56. The van der Waals surface area contributed by atoms with Gasteiger partial charge in [0, 0.05) is 6.08 Å². The molecule has 0 radical (unpaired) electrons. The van der Waals surface area contributed by atoms with Crippen molar-refractivity contribution in [2.75, 3.05) is 0 Å². The number of carbonyl (C=O) groups excluding carboxylic acids is 2. The van der Waals surface area contributed by atoms with Crippen molar-refractivity contribution in [1.82, 2.24) is 0 Å². The van der Waals surface area contributed by atoms with Gasteiger partial charge >= 0.3 is 5.97 Å². The number of para-hydroxylation sites is 1. The summed E-state index contributed by atoms with van der Waals surface area (Å²) in [4.78, 5) is 23.5. The van der Waals surface area contributed by atoms with E-state index in [4.69, 9.17) is 9.47 Å². The van der Waals surface area contributed by atoms with Crippen molar-refractivity contribution in [2.24, 2.45) is 5.92 Å². The fourth-order valence-corrected chi connectivity index (χ4v) is 2.31. The molecular formula is C16H12O4. The number of hydrogen-bond donors (Lipinski definition) is 0. The highest BCUT2D eigenvalue weighted by atomic mass is 16.5. The molecule has 0 bridgehead atoms. The van der Waals surface area contributed by atoms with E-state index in [0.717, 1.165) is 17.4 Å². The Labute approximate surface area is 116 Å². The van der Waals surface area contributed by atoms with E-state index in [1.165, 1.54) is 6.08 Å². The summed E-state index contributed by atoms with van der Waals surface area (Å²) in [5.41, 5.74) is 0.972. The van der Waals surface area contributed by atoms with E-state index < -0.39 is 11.9 Å². The number of fused-ring (bicyclic) bond motifs is 2. The van der Waals surface area contributed by atoms with Crippen LogP contribution >= 0.6 is 0 Å². The quantitative estimate of drug-likeness (QED) is 0.610. The SMILES string of the molecule is C=CC(=O)OC1=CC=C2Oc3ccccc3CC2C1=O. The van der Waals surface area contributed by atoms with Crippen LogP contribution in [0.1, 0.15) is 5.56 Å². The number of Topliss-reactive ketones (excluding diaryl/α,β-unsaturated/α-hetero) is 1. The smallest absolute Gasteiger partial charge is 0.335 e. The van der Waals surface area contributed by atoms with Crippen molar-refractivity contribution in [3.05, 3.63) is 66.2 Å². The van der Waals surface area contributed by atoms with Crippen molar-refractivity contribution < 1.29 is 19.1 Å². The lowest BCUT2D eigenvalue weighted by Gasteiger charge is -2.28. The van der Waals surface area contributed by atoms with E-state index in [2.05, 4.69) is 6.58 Å². The third kappa shape index (κ3) is 2.05. The maximum atomic E-state index is 12.3. The largest absolute Gasteiger partial charge is 0.461 e. The highest BCUT2D eigenvalue weighted by molar-refractivity contribution is 6.01. The number of esters is 1. The first-order chi connectivity index (χ1) is 9.69. The molecular weight excluding hydrogens is 256 g/mol. The molecule has 0 aromatic heterocycles. The highest BCUT2D eigenvalue weighted by Gasteiger charge is 2.35. The summed E-state index contributed by atoms with van der Waals surface area (Å²) >= 11 is 0. The highest BCUT2D eigenvalue weighted by Crippen LogP contribution is 2.36. The van der Waals surface area contributed by atoms with Gasteiger partial charge in [-0.25, -0.2) is 4.79 Å². The topological polar surface area (TPSA) is 52.6 Å². The van der Waals surface area contributed by atoms with Gasteiger partial charge in [-0.15, -0.1) is 0 Å². The van der Waals surface area contributed by atoms with Gasteiger partial charge in [-0.1, -0.05) is 24.8 Å². The molecule has 2 aliphatic rings. The van der Waals surface area contributed by atoms with Crippen LogP contribution in [0.3, 0.4) is 0 Å². The Bertz CT molecular complexity index is 667. The van der Waals surface area contributed by atoms with Crippen molar-refractivity contribution in [1.29, 1.82) is 0 Å². The minimum absolute atomic E-state index is 0.0339. The first-order valence-electron chi connectivity index (χ1n) is 6.25. The molecule has 1 heterocycles. The van der Waals surface area contributed by atoms with Gasteiger partial charge in [0.05, 0.1) is 5.92 Å². The predicted molar refractivity (Wildman–Crippen MR) is 71.7 cm³/mol. The molecule has 0 fully saturated rings. The Morgan fingerprint density at radius 2 is 2.15 bits per heavy atom. The Balaban J connectivity index is 1.90. The third-order valence-electron chi connectivity index (χ3n) is 3.30. The lowest BCUT2D eigenvalue weighted by molar-refractivity contribution is -0.138. The molecule has 0 saturated carbocycles. The summed E-state index contributed by atoms with van der Waals surface area (Å²) in [6.07, 6.45) is 4.71. The zero-order chi connectivity index (χ0) is 14.1. The van der Waals surface area contributed by atoms with Crippen LogP contribution in [0.15, 0.2) is 60.6 Å². The average Bonchev–Trinajstić information content (AvgIpc) is 2.48. The zero-order valence-corrected chi connectivity index (χ0v) is 10.7. The average molecular weight is 268 g/mol. The van der Waals surface area contributed by atoms with Gasteiger partial charge in [-0.3, -0.25) is 4.79 Å². The lowest BCUT2D eigenvalue weighted by Crippen LogP contribution is -2.30. The maximum absolute atomic E-state index is 12.3. The molecule has 0 amide bonds. The first-order valence-corrected chi connectivity index (χ1v) is 6.25. The van der Waals surface area contributed by atoms with Crippen LogP contribution in [-0.2, 0) is 20.7 Å². The molecule has 1 aromatic rings. The van der Waals surface area contributed by atoms with Gasteiger partial charge < -0.3 is 9.47 Å². The summed E-state index contributed by atoms with van der Waals surface area (Å²) in [6.45, 7) is 3.31. The molecule has 1 unspecified atom stereocenters. The minimum atomic E-state index is -0.640. The standard InChI is InChI=1S/C16H12O4/c1-2-15(17)20-14-8-7-13-11(16(14)18)9-10-5-3-4-6-12(10)19-13/h2-8,11H,1,9H2. The molecule has 0 saturated heterocycles. The Hall–Kier alpha value is -2.62. The van der Waals surface area contributed by atoms with E-state index in [1.54, 1.807) is 6.08 Å². The molecule has 1 aliphatic carbocycles. The molecule has 0 spiro atoms. The predicted octanol–water partition coefficient (Wildman–Crippen LogP) is 2.32. The summed E-state index contributed by atoms with van der Waals surface area (Å²) < 4.78 is 10.7. The fraction of sp³-hybridized carbons (Fsp3) is 0.125. The molecule has 1 aromatic carbocycles. The summed E-state index contributed by atoms with van der Waals surface area (Å²) in [7, 11) is 0.